The van der Waals surface area contributed by atoms with Crippen molar-refractivity contribution in [1.82, 2.24) is 15.5 Å². The zero-order chi connectivity index (χ0) is 14.4. The van der Waals surface area contributed by atoms with Crippen LogP contribution in [0.2, 0.25) is 0 Å². The van der Waals surface area contributed by atoms with Gasteiger partial charge in [0.25, 0.3) is 0 Å². The lowest BCUT2D eigenvalue weighted by Gasteiger charge is -2.25. The number of hydrogen-bond acceptors (Lipinski definition) is 3. The van der Waals surface area contributed by atoms with Crippen LogP contribution in [0.15, 0.2) is 24.3 Å². The molecular weight excluding hydrogens is 261 g/mol. The molecule has 2 rings (SSSR count). The maximum absolute atomic E-state index is 13.4. The largest absolute Gasteiger partial charge is 0.355 e. The number of carbonyl (C=O) groups is 2. The molecular formula is C14H18FN3O2. The fourth-order valence-electron chi connectivity index (χ4n) is 2.12. The second kappa shape index (κ2) is 7.00. The van der Waals surface area contributed by atoms with Crippen molar-refractivity contribution < 1.29 is 14.0 Å². The van der Waals surface area contributed by atoms with E-state index in [9.17, 15) is 14.0 Å². The van der Waals surface area contributed by atoms with Crippen molar-refractivity contribution in [2.24, 2.45) is 0 Å². The van der Waals surface area contributed by atoms with Crippen LogP contribution in [0.25, 0.3) is 0 Å². The summed E-state index contributed by atoms with van der Waals surface area (Å²) in [5, 5.41) is 5.44. The molecule has 1 aliphatic rings. The zero-order valence-corrected chi connectivity index (χ0v) is 11.2. The number of hydrogen-bond donors (Lipinski definition) is 2. The van der Waals surface area contributed by atoms with E-state index in [1.807, 2.05) is 0 Å². The standard InChI is InChI=1S/C14H18FN3O2/c15-12-4-2-1-3-11(12)5-6-16-13(19)9-18-8-7-17-14(20)10-18/h1-4H,5-10H2,(H,16,19)(H,17,20). The van der Waals surface area contributed by atoms with Crippen LogP contribution in [0, 0.1) is 5.82 Å². The molecule has 20 heavy (non-hydrogen) atoms. The Balaban J connectivity index is 1.70. The van der Waals surface area contributed by atoms with Crippen molar-refractivity contribution in [2.45, 2.75) is 6.42 Å². The SMILES string of the molecule is O=C(CN1CCNC(=O)C1)NCCc1ccccc1F. The van der Waals surface area contributed by atoms with Crippen LogP contribution in [-0.2, 0) is 16.0 Å². The van der Waals surface area contributed by atoms with Gasteiger partial charge in [0.1, 0.15) is 5.82 Å². The highest BCUT2D eigenvalue weighted by Gasteiger charge is 2.18. The molecule has 1 aromatic carbocycles. The van der Waals surface area contributed by atoms with E-state index in [0.717, 1.165) is 0 Å². The van der Waals surface area contributed by atoms with Gasteiger partial charge in [-0.05, 0) is 18.1 Å². The Kier molecular flexibility index (Phi) is 5.06. The lowest BCUT2D eigenvalue weighted by molar-refractivity contribution is -0.126. The molecule has 0 radical (unpaired) electrons. The summed E-state index contributed by atoms with van der Waals surface area (Å²) in [6.45, 7) is 2.08. The zero-order valence-electron chi connectivity index (χ0n) is 11.2. The lowest BCUT2D eigenvalue weighted by Crippen LogP contribution is -2.50. The van der Waals surface area contributed by atoms with Gasteiger partial charge in [-0.25, -0.2) is 4.39 Å². The van der Waals surface area contributed by atoms with Gasteiger partial charge in [-0.15, -0.1) is 0 Å². The van der Waals surface area contributed by atoms with Crippen LogP contribution in [0.3, 0.4) is 0 Å². The van der Waals surface area contributed by atoms with E-state index in [1.54, 1.807) is 23.1 Å². The Morgan fingerprint density at radius 2 is 2.20 bits per heavy atom. The van der Waals surface area contributed by atoms with Crippen LogP contribution in [0.4, 0.5) is 4.39 Å². The van der Waals surface area contributed by atoms with E-state index < -0.39 is 0 Å². The van der Waals surface area contributed by atoms with E-state index in [4.69, 9.17) is 0 Å². The fourth-order valence-corrected chi connectivity index (χ4v) is 2.12. The first-order chi connectivity index (χ1) is 9.65. The first-order valence-corrected chi connectivity index (χ1v) is 6.64. The smallest absolute Gasteiger partial charge is 0.234 e. The van der Waals surface area contributed by atoms with Gasteiger partial charge in [0.15, 0.2) is 0 Å². The maximum atomic E-state index is 13.4. The van der Waals surface area contributed by atoms with Gasteiger partial charge < -0.3 is 10.6 Å². The summed E-state index contributed by atoms with van der Waals surface area (Å²) >= 11 is 0. The quantitative estimate of drug-likeness (QED) is 0.792. The Morgan fingerprint density at radius 3 is 2.95 bits per heavy atom. The summed E-state index contributed by atoms with van der Waals surface area (Å²) in [7, 11) is 0. The Bertz CT molecular complexity index is 493. The van der Waals surface area contributed by atoms with Gasteiger partial charge in [0.2, 0.25) is 11.8 Å². The van der Waals surface area contributed by atoms with Crippen molar-refractivity contribution in [3.05, 3.63) is 35.6 Å². The number of piperazine rings is 1. The summed E-state index contributed by atoms with van der Waals surface area (Å²) in [4.78, 5) is 24.7. The molecule has 2 N–H and O–H groups in total. The minimum atomic E-state index is -0.255. The highest BCUT2D eigenvalue weighted by atomic mass is 19.1. The summed E-state index contributed by atoms with van der Waals surface area (Å²) in [6.07, 6.45) is 0.457. The van der Waals surface area contributed by atoms with E-state index in [-0.39, 0.29) is 30.7 Å². The molecule has 2 amide bonds. The number of halogens is 1. The van der Waals surface area contributed by atoms with E-state index in [2.05, 4.69) is 10.6 Å². The lowest BCUT2D eigenvalue weighted by atomic mass is 10.1. The number of benzene rings is 1. The van der Waals surface area contributed by atoms with Crippen molar-refractivity contribution in [1.29, 1.82) is 0 Å². The number of amides is 2. The average Bonchev–Trinajstić information content (AvgIpc) is 2.41. The minimum absolute atomic E-state index is 0.0598. The maximum Gasteiger partial charge on any atom is 0.234 e. The Morgan fingerprint density at radius 1 is 1.40 bits per heavy atom. The average molecular weight is 279 g/mol. The van der Waals surface area contributed by atoms with Crippen LogP contribution >= 0.6 is 0 Å². The molecule has 0 aromatic heterocycles. The molecule has 0 bridgehead atoms. The molecule has 1 heterocycles. The third-order valence-electron chi connectivity index (χ3n) is 3.16. The topological polar surface area (TPSA) is 61.4 Å². The molecule has 1 aliphatic heterocycles. The van der Waals surface area contributed by atoms with Gasteiger partial charge >= 0.3 is 0 Å². The molecule has 1 fully saturated rings. The molecule has 0 spiro atoms. The molecule has 1 aromatic rings. The Hall–Kier alpha value is -1.95. The first kappa shape index (κ1) is 14.5. The van der Waals surface area contributed by atoms with Crippen LogP contribution < -0.4 is 10.6 Å². The van der Waals surface area contributed by atoms with Gasteiger partial charge in [-0.2, -0.15) is 0 Å². The third-order valence-corrected chi connectivity index (χ3v) is 3.16. The number of rotatable bonds is 5. The molecule has 0 aliphatic carbocycles. The van der Waals surface area contributed by atoms with Crippen molar-refractivity contribution >= 4 is 11.8 Å². The summed E-state index contributed by atoms with van der Waals surface area (Å²) < 4.78 is 13.4. The highest BCUT2D eigenvalue weighted by molar-refractivity contribution is 5.81. The molecule has 1 saturated heterocycles. The van der Waals surface area contributed by atoms with Gasteiger partial charge in [-0.1, -0.05) is 18.2 Å². The highest BCUT2D eigenvalue weighted by Crippen LogP contribution is 2.06. The third kappa shape index (κ3) is 4.31. The number of carbonyl (C=O) groups excluding carboxylic acids is 2. The monoisotopic (exact) mass is 279 g/mol. The predicted octanol–water partition coefficient (Wildman–Crippen LogP) is -0.0838. The second-order valence-electron chi connectivity index (χ2n) is 4.75. The fraction of sp³-hybridized carbons (Fsp3) is 0.429. The Labute approximate surface area is 117 Å². The van der Waals surface area contributed by atoms with E-state index >= 15 is 0 Å². The molecule has 5 nitrogen and oxygen atoms in total. The number of nitrogens with one attached hydrogen (secondary N) is 2. The van der Waals surface area contributed by atoms with Crippen molar-refractivity contribution in [2.75, 3.05) is 32.7 Å². The second-order valence-corrected chi connectivity index (χ2v) is 4.75. The van der Waals surface area contributed by atoms with Crippen molar-refractivity contribution in [3.8, 4) is 0 Å². The normalized spacial score (nSPS) is 15.8. The molecule has 0 unspecified atom stereocenters. The predicted molar refractivity (Wildman–Crippen MR) is 72.6 cm³/mol. The summed E-state index contributed by atoms with van der Waals surface area (Å²) in [6, 6.07) is 6.52. The van der Waals surface area contributed by atoms with Gasteiger partial charge in [0, 0.05) is 19.6 Å². The number of nitrogens with zero attached hydrogens (tertiary/aromatic N) is 1. The first-order valence-electron chi connectivity index (χ1n) is 6.64. The van der Waals surface area contributed by atoms with E-state index in [0.29, 0.717) is 31.6 Å². The van der Waals surface area contributed by atoms with E-state index in [1.165, 1.54) is 6.07 Å². The van der Waals surface area contributed by atoms with Crippen molar-refractivity contribution in [3.63, 3.8) is 0 Å². The summed E-state index contributed by atoms with van der Waals surface area (Å²) in [5.41, 5.74) is 0.588. The molecule has 108 valence electrons. The van der Waals surface area contributed by atoms with Crippen LogP contribution in [-0.4, -0.2) is 49.4 Å². The molecule has 0 saturated carbocycles. The van der Waals surface area contributed by atoms with Gasteiger partial charge in [-0.3, -0.25) is 14.5 Å². The molecule has 0 atom stereocenters. The van der Waals surface area contributed by atoms with Crippen LogP contribution in [0.1, 0.15) is 5.56 Å². The van der Waals surface area contributed by atoms with Gasteiger partial charge in [0.05, 0.1) is 13.1 Å². The molecule has 6 heteroatoms. The summed E-state index contributed by atoms with van der Waals surface area (Å²) in [5.74, 6) is -0.458. The van der Waals surface area contributed by atoms with Crippen LogP contribution in [0.5, 0.6) is 0 Å². The minimum Gasteiger partial charge on any atom is -0.355 e.